The van der Waals surface area contributed by atoms with Crippen molar-refractivity contribution >= 4 is 15.9 Å². The van der Waals surface area contributed by atoms with Crippen molar-refractivity contribution in [2.24, 2.45) is 0 Å². The molecule has 1 heterocycles. The molecular formula is C18H20BrNO. The number of halogens is 1. The van der Waals surface area contributed by atoms with Gasteiger partial charge in [-0.1, -0.05) is 58.7 Å². The number of hydrogen-bond acceptors (Lipinski definition) is 2. The maximum atomic E-state index is 5.53. The zero-order valence-electron chi connectivity index (χ0n) is 12.4. The molecule has 0 saturated carbocycles. The van der Waals surface area contributed by atoms with Gasteiger partial charge in [0, 0.05) is 4.47 Å². The Bertz CT molecular complexity index is 654. The van der Waals surface area contributed by atoms with E-state index in [1.54, 1.807) is 0 Å². The van der Waals surface area contributed by atoms with Crippen LogP contribution in [0, 0.1) is 6.92 Å². The minimum Gasteiger partial charge on any atom is -0.372 e. The first-order valence-corrected chi connectivity index (χ1v) is 8.17. The SMILES string of the molecule is CCNC(c1ccc2c(c1)COC2)c1cc(C)ccc1Br. The predicted octanol–water partition coefficient (Wildman–Crippen LogP) is 4.49. The average molecular weight is 346 g/mol. The summed E-state index contributed by atoms with van der Waals surface area (Å²) in [6, 6.07) is 13.4. The highest BCUT2D eigenvalue weighted by atomic mass is 79.9. The fraction of sp³-hybridized carbons (Fsp3) is 0.333. The van der Waals surface area contributed by atoms with Crippen molar-refractivity contribution in [2.75, 3.05) is 6.54 Å². The van der Waals surface area contributed by atoms with E-state index in [1.165, 1.54) is 27.8 Å². The van der Waals surface area contributed by atoms with Crippen molar-refractivity contribution in [1.82, 2.24) is 5.32 Å². The van der Waals surface area contributed by atoms with Crippen LogP contribution in [0.5, 0.6) is 0 Å². The Morgan fingerprint density at radius 1 is 1.14 bits per heavy atom. The number of nitrogens with one attached hydrogen (secondary N) is 1. The highest BCUT2D eigenvalue weighted by molar-refractivity contribution is 9.10. The normalized spacial score (nSPS) is 15.0. The molecule has 2 aromatic carbocycles. The van der Waals surface area contributed by atoms with Crippen LogP contribution in [0.2, 0.25) is 0 Å². The van der Waals surface area contributed by atoms with Crippen LogP contribution >= 0.6 is 15.9 Å². The lowest BCUT2D eigenvalue weighted by molar-refractivity contribution is 0.134. The molecule has 1 atom stereocenters. The van der Waals surface area contributed by atoms with Crippen LogP contribution in [0.4, 0.5) is 0 Å². The molecular weight excluding hydrogens is 326 g/mol. The van der Waals surface area contributed by atoms with Crippen molar-refractivity contribution in [1.29, 1.82) is 0 Å². The Kier molecular flexibility index (Phi) is 4.43. The lowest BCUT2D eigenvalue weighted by Gasteiger charge is -2.21. The van der Waals surface area contributed by atoms with E-state index < -0.39 is 0 Å². The number of rotatable bonds is 4. The van der Waals surface area contributed by atoms with Gasteiger partial charge in [0.15, 0.2) is 0 Å². The van der Waals surface area contributed by atoms with E-state index in [0.29, 0.717) is 0 Å². The molecule has 0 saturated heterocycles. The van der Waals surface area contributed by atoms with Gasteiger partial charge in [0.2, 0.25) is 0 Å². The molecule has 2 aromatic rings. The van der Waals surface area contributed by atoms with Crippen molar-refractivity contribution in [2.45, 2.75) is 33.1 Å². The van der Waals surface area contributed by atoms with Gasteiger partial charge < -0.3 is 10.1 Å². The smallest absolute Gasteiger partial charge is 0.0725 e. The molecule has 3 rings (SSSR count). The van der Waals surface area contributed by atoms with Gasteiger partial charge in [-0.3, -0.25) is 0 Å². The molecule has 3 heteroatoms. The second-order valence-corrected chi connectivity index (χ2v) is 6.39. The molecule has 0 spiro atoms. The fourth-order valence-corrected chi connectivity index (χ4v) is 3.34. The lowest BCUT2D eigenvalue weighted by Crippen LogP contribution is -2.22. The Morgan fingerprint density at radius 2 is 1.95 bits per heavy atom. The first-order chi connectivity index (χ1) is 10.2. The van der Waals surface area contributed by atoms with Crippen molar-refractivity contribution in [3.63, 3.8) is 0 Å². The summed E-state index contributed by atoms with van der Waals surface area (Å²) in [5.74, 6) is 0. The van der Waals surface area contributed by atoms with Gasteiger partial charge in [0.1, 0.15) is 0 Å². The molecule has 0 aromatic heterocycles. The fourth-order valence-electron chi connectivity index (χ4n) is 2.87. The molecule has 0 bridgehead atoms. The molecule has 0 aliphatic carbocycles. The van der Waals surface area contributed by atoms with Crippen LogP contribution in [-0.2, 0) is 18.0 Å². The molecule has 21 heavy (non-hydrogen) atoms. The number of benzene rings is 2. The van der Waals surface area contributed by atoms with Crippen LogP contribution in [0.3, 0.4) is 0 Å². The van der Waals surface area contributed by atoms with Gasteiger partial charge in [-0.05, 0) is 41.8 Å². The largest absolute Gasteiger partial charge is 0.372 e. The van der Waals surface area contributed by atoms with Gasteiger partial charge in [0.05, 0.1) is 19.3 Å². The second kappa shape index (κ2) is 6.30. The van der Waals surface area contributed by atoms with Crippen LogP contribution in [0.25, 0.3) is 0 Å². The highest BCUT2D eigenvalue weighted by Crippen LogP contribution is 2.32. The Labute approximate surface area is 134 Å². The van der Waals surface area contributed by atoms with E-state index in [9.17, 15) is 0 Å². The summed E-state index contributed by atoms with van der Waals surface area (Å²) in [6.45, 7) is 6.69. The third-order valence-corrected chi connectivity index (χ3v) is 4.67. The summed E-state index contributed by atoms with van der Waals surface area (Å²) < 4.78 is 6.68. The molecule has 1 aliphatic rings. The molecule has 0 radical (unpaired) electrons. The van der Waals surface area contributed by atoms with Crippen LogP contribution in [0.15, 0.2) is 40.9 Å². The van der Waals surface area contributed by atoms with Gasteiger partial charge in [-0.2, -0.15) is 0 Å². The molecule has 2 nitrogen and oxygen atoms in total. The average Bonchev–Trinajstić information content (AvgIpc) is 2.95. The number of aryl methyl sites for hydroxylation is 1. The lowest BCUT2D eigenvalue weighted by atomic mass is 9.94. The zero-order valence-corrected chi connectivity index (χ0v) is 14.0. The Balaban J connectivity index is 2.03. The van der Waals surface area contributed by atoms with Crippen LogP contribution in [0.1, 0.15) is 40.8 Å². The summed E-state index contributed by atoms with van der Waals surface area (Å²) in [4.78, 5) is 0. The van der Waals surface area contributed by atoms with E-state index in [1.807, 2.05) is 0 Å². The van der Waals surface area contributed by atoms with Gasteiger partial charge >= 0.3 is 0 Å². The molecule has 1 unspecified atom stereocenters. The third kappa shape index (κ3) is 3.05. The molecule has 1 N–H and O–H groups in total. The van der Waals surface area contributed by atoms with Gasteiger partial charge in [-0.15, -0.1) is 0 Å². The number of hydrogen-bond donors (Lipinski definition) is 1. The summed E-state index contributed by atoms with van der Waals surface area (Å²) in [5.41, 5.74) is 6.50. The molecule has 110 valence electrons. The monoisotopic (exact) mass is 345 g/mol. The minimum atomic E-state index is 0.204. The maximum absolute atomic E-state index is 5.53. The van der Waals surface area contributed by atoms with Crippen LogP contribution < -0.4 is 5.32 Å². The summed E-state index contributed by atoms with van der Waals surface area (Å²) in [7, 11) is 0. The third-order valence-electron chi connectivity index (χ3n) is 3.95. The quantitative estimate of drug-likeness (QED) is 0.881. The van der Waals surface area contributed by atoms with Crippen molar-refractivity contribution < 1.29 is 4.74 Å². The maximum Gasteiger partial charge on any atom is 0.0725 e. The predicted molar refractivity (Wildman–Crippen MR) is 89.3 cm³/mol. The number of fused-ring (bicyclic) bond motifs is 1. The summed E-state index contributed by atoms with van der Waals surface area (Å²) >= 11 is 3.70. The number of ether oxygens (including phenoxy) is 1. The Hall–Kier alpha value is -1.16. The second-order valence-electron chi connectivity index (χ2n) is 5.54. The van der Waals surface area contributed by atoms with E-state index in [2.05, 4.69) is 71.5 Å². The van der Waals surface area contributed by atoms with E-state index in [4.69, 9.17) is 4.74 Å². The molecule has 0 fully saturated rings. The van der Waals surface area contributed by atoms with Crippen molar-refractivity contribution in [3.05, 3.63) is 68.7 Å². The first-order valence-electron chi connectivity index (χ1n) is 7.38. The van der Waals surface area contributed by atoms with Crippen LogP contribution in [-0.4, -0.2) is 6.54 Å². The summed E-state index contributed by atoms with van der Waals surface area (Å²) in [6.07, 6.45) is 0. The van der Waals surface area contributed by atoms with Gasteiger partial charge in [0.25, 0.3) is 0 Å². The highest BCUT2D eigenvalue weighted by Gasteiger charge is 2.19. The van der Waals surface area contributed by atoms with E-state index in [0.717, 1.165) is 24.2 Å². The van der Waals surface area contributed by atoms with Crippen molar-refractivity contribution in [3.8, 4) is 0 Å². The molecule has 1 aliphatic heterocycles. The standard InChI is InChI=1S/C18H20BrNO/c1-3-20-18(16-8-12(2)4-7-17(16)19)13-5-6-14-10-21-11-15(14)9-13/h4-9,18,20H,3,10-11H2,1-2H3. The zero-order chi connectivity index (χ0) is 14.8. The Morgan fingerprint density at radius 3 is 2.76 bits per heavy atom. The first kappa shape index (κ1) is 14.8. The van der Waals surface area contributed by atoms with Gasteiger partial charge in [-0.25, -0.2) is 0 Å². The topological polar surface area (TPSA) is 21.3 Å². The summed E-state index contributed by atoms with van der Waals surface area (Å²) in [5, 5.41) is 3.60. The molecule has 0 amide bonds. The minimum absolute atomic E-state index is 0.204. The van der Waals surface area contributed by atoms with E-state index in [-0.39, 0.29) is 6.04 Å². The van der Waals surface area contributed by atoms with E-state index >= 15 is 0 Å².